The van der Waals surface area contributed by atoms with Gasteiger partial charge < -0.3 is 17.7 Å². The highest BCUT2D eigenvalue weighted by molar-refractivity contribution is 6.75. The average Bonchev–Trinajstić information content (AvgIpc) is 2.95. The molecule has 0 aromatic heterocycles. The normalized spacial score (nSPS) is 22.0. The summed E-state index contributed by atoms with van der Waals surface area (Å²) in [7, 11) is -8.82. The van der Waals surface area contributed by atoms with Crippen LogP contribution in [0.25, 0.3) is 10.4 Å². The van der Waals surface area contributed by atoms with Gasteiger partial charge in [0.25, 0.3) is 0 Å². The molecule has 1 fully saturated rings. The summed E-state index contributed by atoms with van der Waals surface area (Å²) in [5, 5.41) is 3.93. The summed E-state index contributed by atoms with van der Waals surface area (Å²) in [6.07, 6.45) is 1.12. The summed E-state index contributed by atoms with van der Waals surface area (Å²) in [6, 6.07) is 8.82. The molecule has 0 bridgehead atoms. The predicted octanol–water partition coefficient (Wildman–Crippen LogP) is 12.0. The van der Waals surface area contributed by atoms with Gasteiger partial charge in [0.2, 0.25) is 0 Å². The van der Waals surface area contributed by atoms with Crippen molar-refractivity contribution in [3.05, 3.63) is 45.8 Å². The molecule has 1 saturated heterocycles. The van der Waals surface area contributed by atoms with Crippen molar-refractivity contribution in [3.8, 4) is 0 Å². The topological polar surface area (TPSA) is 88.9 Å². The lowest BCUT2D eigenvalue weighted by Crippen LogP contribution is -2.70. The van der Waals surface area contributed by atoms with Crippen LogP contribution in [0, 0.1) is 0 Å². The maximum absolute atomic E-state index is 8.70. The highest BCUT2D eigenvalue weighted by atomic mass is 28.4. The lowest BCUT2D eigenvalue weighted by atomic mass is 9.93. The molecule has 2 rings (SSSR count). The van der Waals surface area contributed by atoms with E-state index >= 15 is 0 Å². The standard InChI is InChI=1S/C40H80N4O4Si4/c1-37(2,3)49(13,14)45-30-33-35(47-51(17,18)39(7,8)9)36(48-52(19,20)40(10,11)12)34(46-50(15,16)38(4,5)6)29-44(33)28-26-32-23-21-31(22-24-32)25-27-42-43-41/h21-24,33-36H,25-30H2,1-20H3/t33-,34+,35-,36-/m1/s1. The Morgan fingerprint density at radius 3 is 1.46 bits per heavy atom. The zero-order valence-corrected chi connectivity index (χ0v) is 41.3. The van der Waals surface area contributed by atoms with Crippen molar-refractivity contribution >= 4 is 33.3 Å². The molecule has 1 heterocycles. The molecular formula is C40H80N4O4Si4. The third-order valence-electron chi connectivity index (χ3n) is 13.4. The van der Waals surface area contributed by atoms with Crippen molar-refractivity contribution in [2.75, 3.05) is 26.2 Å². The maximum Gasteiger partial charge on any atom is 0.192 e. The highest BCUT2D eigenvalue weighted by Crippen LogP contribution is 2.46. The Labute approximate surface area is 324 Å². The summed E-state index contributed by atoms with van der Waals surface area (Å²) in [5.74, 6) is 0. The number of nitrogens with zero attached hydrogens (tertiary/aromatic N) is 4. The molecule has 0 spiro atoms. The van der Waals surface area contributed by atoms with Crippen molar-refractivity contribution in [2.24, 2.45) is 5.11 Å². The Balaban J connectivity index is 2.78. The van der Waals surface area contributed by atoms with Crippen molar-refractivity contribution < 1.29 is 17.7 Å². The highest BCUT2D eigenvalue weighted by Gasteiger charge is 2.55. The third-order valence-corrected chi connectivity index (χ3v) is 31.3. The molecule has 0 aliphatic carbocycles. The van der Waals surface area contributed by atoms with E-state index in [2.05, 4.69) is 175 Å². The van der Waals surface area contributed by atoms with Gasteiger partial charge in [0, 0.05) is 24.5 Å². The monoisotopic (exact) mass is 793 g/mol. The Morgan fingerprint density at radius 1 is 0.635 bits per heavy atom. The average molecular weight is 793 g/mol. The van der Waals surface area contributed by atoms with Crippen LogP contribution in [0.1, 0.15) is 94.2 Å². The lowest BCUT2D eigenvalue weighted by Gasteiger charge is -2.56. The van der Waals surface area contributed by atoms with Gasteiger partial charge in [0.1, 0.15) is 0 Å². The second-order valence-corrected chi connectivity index (χ2v) is 40.6. The van der Waals surface area contributed by atoms with E-state index in [1.54, 1.807) is 0 Å². The minimum Gasteiger partial charge on any atom is -0.415 e. The van der Waals surface area contributed by atoms with Crippen LogP contribution in [-0.4, -0.2) is 88.8 Å². The fourth-order valence-corrected chi connectivity index (χ4v) is 10.4. The molecule has 1 aliphatic heterocycles. The zero-order valence-electron chi connectivity index (χ0n) is 37.3. The van der Waals surface area contributed by atoms with Gasteiger partial charge in [-0.3, -0.25) is 4.90 Å². The molecule has 52 heavy (non-hydrogen) atoms. The number of benzene rings is 1. The van der Waals surface area contributed by atoms with Crippen molar-refractivity contribution in [1.82, 2.24) is 4.90 Å². The van der Waals surface area contributed by atoms with Crippen LogP contribution in [0.5, 0.6) is 0 Å². The van der Waals surface area contributed by atoms with Gasteiger partial charge in [-0.2, -0.15) is 0 Å². The van der Waals surface area contributed by atoms with E-state index in [0.29, 0.717) is 13.2 Å². The molecule has 300 valence electrons. The number of piperidine rings is 1. The number of likely N-dealkylation sites (tertiary alicyclic amines) is 1. The minimum absolute atomic E-state index is 0.0143. The number of hydrogen-bond acceptors (Lipinski definition) is 6. The minimum atomic E-state index is -2.28. The summed E-state index contributed by atoms with van der Waals surface area (Å²) < 4.78 is 30.0. The summed E-state index contributed by atoms with van der Waals surface area (Å²) in [4.78, 5) is 5.55. The predicted molar refractivity (Wildman–Crippen MR) is 233 cm³/mol. The van der Waals surface area contributed by atoms with E-state index in [1.165, 1.54) is 11.1 Å². The summed E-state index contributed by atoms with van der Waals surface area (Å²) in [6.45, 7) is 49.7. The van der Waals surface area contributed by atoms with Gasteiger partial charge in [0.05, 0.1) is 31.0 Å². The Bertz CT molecular complexity index is 1340. The molecule has 12 heteroatoms. The number of hydrogen-bond donors (Lipinski definition) is 0. The largest absolute Gasteiger partial charge is 0.415 e. The Kier molecular flexibility index (Phi) is 15.6. The van der Waals surface area contributed by atoms with Crippen LogP contribution in [0.3, 0.4) is 0 Å². The van der Waals surface area contributed by atoms with Gasteiger partial charge >= 0.3 is 0 Å². The number of azide groups is 1. The van der Waals surface area contributed by atoms with Crippen LogP contribution in [0.15, 0.2) is 29.4 Å². The van der Waals surface area contributed by atoms with Crippen molar-refractivity contribution in [3.63, 3.8) is 0 Å². The van der Waals surface area contributed by atoms with E-state index in [1.807, 2.05) is 0 Å². The van der Waals surface area contributed by atoms with Gasteiger partial charge in [0.15, 0.2) is 33.3 Å². The first-order valence-corrected chi connectivity index (χ1v) is 31.4. The molecular weight excluding hydrogens is 713 g/mol. The van der Waals surface area contributed by atoms with E-state index in [0.717, 1.165) is 25.9 Å². The summed E-state index contributed by atoms with van der Waals surface area (Å²) in [5.41, 5.74) is 11.2. The van der Waals surface area contributed by atoms with Crippen LogP contribution >= 0.6 is 0 Å². The molecule has 0 unspecified atom stereocenters. The zero-order chi connectivity index (χ0) is 40.4. The van der Waals surface area contributed by atoms with E-state index in [-0.39, 0.29) is 44.5 Å². The fourth-order valence-electron chi connectivity index (χ4n) is 5.43. The molecule has 1 aromatic carbocycles. The molecule has 0 N–H and O–H groups in total. The summed E-state index contributed by atoms with van der Waals surface area (Å²) >= 11 is 0. The first-order valence-electron chi connectivity index (χ1n) is 19.8. The van der Waals surface area contributed by atoms with Gasteiger partial charge in [-0.1, -0.05) is 112 Å². The van der Waals surface area contributed by atoms with Crippen LogP contribution < -0.4 is 0 Å². The number of rotatable bonds is 15. The molecule has 0 radical (unpaired) electrons. The van der Waals surface area contributed by atoms with Crippen LogP contribution in [-0.2, 0) is 30.5 Å². The maximum atomic E-state index is 8.70. The van der Waals surface area contributed by atoms with E-state index in [4.69, 9.17) is 23.2 Å². The molecule has 8 nitrogen and oxygen atoms in total. The second-order valence-electron chi connectivity index (χ2n) is 21.5. The van der Waals surface area contributed by atoms with Crippen molar-refractivity contribution in [1.29, 1.82) is 0 Å². The molecule has 1 aliphatic rings. The smallest absolute Gasteiger partial charge is 0.192 e. The fraction of sp³-hybridized carbons (Fsp3) is 0.850. The Hall–Kier alpha value is -0.802. The van der Waals surface area contributed by atoms with Gasteiger partial charge in [-0.25, -0.2) is 0 Å². The van der Waals surface area contributed by atoms with Gasteiger partial charge in [-0.15, -0.1) is 0 Å². The van der Waals surface area contributed by atoms with E-state index in [9.17, 15) is 0 Å². The lowest BCUT2D eigenvalue weighted by molar-refractivity contribution is -0.128. The van der Waals surface area contributed by atoms with Crippen molar-refractivity contribution in [2.45, 2.75) is 193 Å². The molecule has 0 amide bonds. The molecule has 0 saturated carbocycles. The van der Waals surface area contributed by atoms with Crippen LogP contribution in [0.4, 0.5) is 0 Å². The first kappa shape index (κ1) is 47.3. The first-order chi connectivity index (χ1) is 23.3. The van der Waals surface area contributed by atoms with Gasteiger partial charge in [-0.05, 0) is 102 Å². The molecule has 4 atom stereocenters. The van der Waals surface area contributed by atoms with E-state index < -0.39 is 33.3 Å². The Morgan fingerprint density at radius 2 is 1.04 bits per heavy atom. The second kappa shape index (κ2) is 17.1. The van der Waals surface area contributed by atoms with Crippen LogP contribution in [0.2, 0.25) is 72.5 Å². The SMILES string of the molecule is CC(C)(C)[Si](C)(C)OC[C@@H]1[C@@H](O[Si](C)(C)C(C)(C)C)[C@H](O[Si](C)(C)C(C)(C)C)[C@@H](O[Si](C)(C)C(C)(C)C)CN1CCc1ccc(CCN=[N+]=[N-])cc1. The third kappa shape index (κ3) is 12.3. The molecule has 1 aromatic rings. The quantitative estimate of drug-likeness (QED) is 0.0763.